The molecule has 0 bridgehead atoms. The number of hydrogen-bond acceptors (Lipinski definition) is 6. The molecule has 0 aliphatic carbocycles. The van der Waals surface area contributed by atoms with E-state index in [9.17, 15) is 4.79 Å². The van der Waals surface area contributed by atoms with Gasteiger partial charge in [-0.1, -0.05) is 5.16 Å². The third-order valence-electron chi connectivity index (χ3n) is 4.89. The number of aryl methyl sites for hydroxylation is 2. The van der Waals surface area contributed by atoms with Crippen LogP contribution < -0.4 is 0 Å². The summed E-state index contributed by atoms with van der Waals surface area (Å²) in [4.78, 5) is 23.0. The lowest BCUT2D eigenvalue weighted by Gasteiger charge is -2.32. The number of pyridine rings is 1. The Balaban J connectivity index is 1.33. The number of aromatic nitrogens is 5. The second-order valence-electron chi connectivity index (χ2n) is 6.93. The molecule has 1 atom stereocenters. The number of likely N-dealkylation sites (tertiary alicyclic amines) is 1. The van der Waals surface area contributed by atoms with Gasteiger partial charge in [-0.05, 0) is 43.4 Å². The molecule has 0 spiro atoms. The first-order valence-corrected chi connectivity index (χ1v) is 9.21. The van der Waals surface area contributed by atoms with Crippen LogP contribution in [-0.2, 0) is 13.5 Å². The maximum atomic E-state index is 12.6. The van der Waals surface area contributed by atoms with Crippen molar-refractivity contribution in [2.45, 2.75) is 25.7 Å². The fraction of sp³-hybridized carbons (Fsp3) is 0.421. The zero-order valence-electron chi connectivity index (χ0n) is 15.3. The molecule has 4 rings (SSSR count). The van der Waals surface area contributed by atoms with Crippen molar-refractivity contribution in [1.29, 1.82) is 0 Å². The lowest BCUT2D eigenvalue weighted by Crippen LogP contribution is -2.40. The fourth-order valence-electron chi connectivity index (χ4n) is 3.47. The van der Waals surface area contributed by atoms with E-state index in [4.69, 9.17) is 4.52 Å². The number of carbonyl (C=O) groups excluding carboxylic acids is 1. The lowest BCUT2D eigenvalue weighted by atomic mass is 9.93. The van der Waals surface area contributed by atoms with Gasteiger partial charge in [0.15, 0.2) is 5.82 Å². The number of hydrogen-bond donors (Lipinski definition) is 0. The van der Waals surface area contributed by atoms with Crippen molar-refractivity contribution >= 4 is 5.91 Å². The minimum absolute atomic E-state index is 0.0127. The summed E-state index contributed by atoms with van der Waals surface area (Å²) in [6.45, 7) is 1.54. The SMILES string of the molecule is Cn1ccc(C(=O)N2CCCC(CCc3noc(-c4cccnc4)n3)C2)n1. The average Bonchev–Trinajstić information content (AvgIpc) is 3.36. The van der Waals surface area contributed by atoms with Crippen LogP contribution in [0.2, 0.25) is 0 Å². The highest BCUT2D eigenvalue weighted by atomic mass is 16.5. The minimum Gasteiger partial charge on any atom is -0.337 e. The van der Waals surface area contributed by atoms with E-state index in [1.807, 2.05) is 24.1 Å². The highest BCUT2D eigenvalue weighted by molar-refractivity contribution is 5.92. The van der Waals surface area contributed by atoms with Gasteiger partial charge < -0.3 is 9.42 Å². The molecule has 1 aliphatic heterocycles. The maximum Gasteiger partial charge on any atom is 0.274 e. The van der Waals surface area contributed by atoms with E-state index in [1.54, 1.807) is 29.3 Å². The number of piperidine rings is 1. The summed E-state index contributed by atoms with van der Waals surface area (Å²) in [5, 5.41) is 8.30. The predicted molar refractivity (Wildman–Crippen MR) is 97.7 cm³/mol. The standard InChI is InChI=1S/C19H22N6O2/c1-24-11-8-16(22-24)19(26)25-10-3-4-14(13-25)6-7-17-21-18(27-23-17)15-5-2-9-20-12-15/h2,5,8-9,11-12,14H,3-4,6-7,10,13H2,1H3. The molecule has 1 aliphatic rings. The van der Waals surface area contributed by atoms with Gasteiger partial charge in [0, 0.05) is 45.1 Å². The first-order chi connectivity index (χ1) is 13.2. The summed E-state index contributed by atoms with van der Waals surface area (Å²) in [6.07, 6.45) is 9.00. The van der Waals surface area contributed by atoms with E-state index in [0.717, 1.165) is 44.3 Å². The first-order valence-electron chi connectivity index (χ1n) is 9.21. The molecule has 0 radical (unpaired) electrons. The molecule has 27 heavy (non-hydrogen) atoms. The van der Waals surface area contributed by atoms with Crippen LogP contribution in [0.5, 0.6) is 0 Å². The molecule has 3 aromatic heterocycles. The van der Waals surface area contributed by atoms with Crippen molar-refractivity contribution in [3.63, 3.8) is 0 Å². The number of carbonyl (C=O) groups is 1. The number of amides is 1. The van der Waals surface area contributed by atoms with Crippen LogP contribution in [0, 0.1) is 5.92 Å². The topological polar surface area (TPSA) is 89.9 Å². The Morgan fingerprint density at radius 2 is 2.30 bits per heavy atom. The third kappa shape index (κ3) is 4.05. The average molecular weight is 366 g/mol. The molecular formula is C19H22N6O2. The van der Waals surface area contributed by atoms with Gasteiger partial charge >= 0.3 is 0 Å². The maximum absolute atomic E-state index is 12.6. The normalized spacial score (nSPS) is 17.2. The van der Waals surface area contributed by atoms with Crippen molar-refractivity contribution in [3.05, 3.63) is 48.3 Å². The highest BCUT2D eigenvalue weighted by Crippen LogP contribution is 2.23. The van der Waals surface area contributed by atoms with Gasteiger partial charge in [0.05, 0.1) is 5.56 Å². The zero-order valence-corrected chi connectivity index (χ0v) is 15.3. The Labute approximate surface area is 157 Å². The Hall–Kier alpha value is -3.03. The molecule has 1 amide bonds. The van der Waals surface area contributed by atoms with Crippen molar-refractivity contribution in [2.24, 2.45) is 13.0 Å². The van der Waals surface area contributed by atoms with Crippen molar-refractivity contribution in [1.82, 2.24) is 29.8 Å². The van der Waals surface area contributed by atoms with Gasteiger partial charge in [-0.2, -0.15) is 10.1 Å². The smallest absolute Gasteiger partial charge is 0.274 e. The molecule has 1 unspecified atom stereocenters. The quantitative estimate of drug-likeness (QED) is 0.688. The molecule has 8 nitrogen and oxygen atoms in total. The Kier molecular flexibility index (Phi) is 4.95. The van der Waals surface area contributed by atoms with Gasteiger partial charge in [0.2, 0.25) is 0 Å². The van der Waals surface area contributed by atoms with Crippen molar-refractivity contribution < 1.29 is 9.32 Å². The van der Waals surface area contributed by atoms with Crippen LogP contribution in [0.15, 0.2) is 41.3 Å². The Morgan fingerprint density at radius 3 is 3.07 bits per heavy atom. The van der Waals surface area contributed by atoms with Gasteiger partial charge in [-0.3, -0.25) is 14.5 Å². The summed E-state index contributed by atoms with van der Waals surface area (Å²) in [5.41, 5.74) is 1.33. The molecule has 1 fully saturated rings. The molecule has 8 heteroatoms. The van der Waals surface area contributed by atoms with E-state index in [-0.39, 0.29) is 5.91 Å². The van der Waals surface area contributed by atoms with E-state index in [2.05, 4.69) is 20.2 Å². The van der Waals surface area contributed by atoms with E-state index < -0.39 is 0 Å². The van der Waals surface area contributed by atoms with E-state index in [1.165, 1.54) is 0 Å². The summed E-state index contributed by atoms with van der Waals surface area (Å²) < 4.78 is 6.99. The summed E-state index contributed by atoms with van der Waals surface area (Å²) in [6, 6.07) is 5.51. The first kappa shape index (κ1) is 17.4. The molecule has 0 saturated carbocycles. The summed E-state index contributed by atoms with van der Waals surface area (Å²) in [7, 11) is 1.82. The van der Waals surface area contributed by atoms with Crippen LogP contribution in [-0.4, -0.2) is 48.8 Å². The van der Waals surface area contributed by atoms with Crippen LogP contribution in [0.3, 0.4) is 0 Å². The molecule has 1 saturated heterocycles. The van der Waals surface area contributed by atoms with Crippen LogP contribution >= 0.6 is 0 Å². The summed E-state index contributed by atoms with van der Waals surface area (Å²) >= 11 is 0. The lowest BCUT2D eigenvalue weighted by molar-refractivity contribution is 0.0661. The van der Waals surface area contributed by atoms with Crippen molar-refractivity contribution in [3.8, 4) is 11.5 Å². The fourth-order valence-corrected chi connectivity index (χ4v) is 3.47. The molecule has 4 heterocycles. The summed E-state index contributed by atoms with van der Waals surface area (Å²) in [5.74, 6) is 1.64. The van der Waals surface area contributed by atoms with Gasteiger partial charge in [-0.25, -0.2) is 0 Å². The number of rotatable bonds is 5. The second kappa shape index (κ2) is 7.69. The molecule has 0 N–H and O–H groups in total. The van der Waals surface area contributed by atoms with Gasteiger partial charge in [-0.15, -0.1) is 0 Å². The minimum atomic E-state index is 0.0127. The Bertz CT molecular complexity index is 904. The van der Waals surface area contributed by atoms with E-state index >= 15 is 0 Å². The van der Waals surface area contributed by atoms with Crippen LogP contribution in [0.4, 0.5) is 0 Å². The predicted octanol–water partition coefficient (Wildman–Crippen LogP) is 2.35. The zero-order chi connectivity index (χ0) is 18.6. The van der Waals surface area contributed by atoms with Gasteiger partial charge in [0.25, 0.3) is 11.8 Å². The molecular weight excluding hydrogens is 344 g/mol. The largest absolute Gasteiger partial charge is 0.337 e. The second-order valence-corrected chi connectivity index (χ2v) is 6.93. The van der Waals surface area contributed by atoms with Crippen LogP contribution in [0.1, 0.15) is 35.6 Å². The van der Waals surface area contributed by atoms with Gasteiger partial charge in [0.1, 0.15) is 5.69 Å². The van der Waals surface area contributed by atoms with Crippen LogP contribution in [0.25, 0.3) is 11.5 Å². The third-order valence-corrected chi connectivity index (χ3v) is 4.89. The number of nitrogens with zero attached hydrogens (tertiary/aromatic N) is 6. The Morgan fingerprint density at radius 1 is 1.37 bits per heavy atom. The van der Waals surface area contributed by atoms with Crippen molar-refractivity contribution in [2.75, 3.05) is 13.1 Å². The molecule has 3 aromatic rings. The molecule has 0 aromatic carbocycles. The molecule has 140 valence electrons. The highest BCUT2D eigenvalue weighted by Gasteiger charge is 2.26. The van der Waals surface area contributed by atoms with E-state index in [0.29, 0.717) is 23.3 Å². The monoisotopic (exact) mass is 366 g/mol.